The molecule has 24 heavy (non-hydrogen) atoms. The van der Waals surface area contributed by atoms with Crippen LogP contribution in [0.2, 0.25) is 0 Å². The van der Waals surface area contributed by atoms with Gasteiger partial charge in [0.1, 0.15) is 0 Å². The standard InChI is InChI=1S/C20H30O4/c1-13(12-17(21)22)6-8-15-14(2)7-9-16-19(15,3)10-5-11-20(16,4)18(23)24/h12,15-16H,2,5-11H2,1,3-4H3,(H,21,22)(H,23,24)/b13-12+/t15-,16+,19+,20+/m1/s1. The molecule has 0 spiro atoms. The Hall–Kier alpha value is -1.58. The van der Waals surface area contributed by atoms with E-state index in [-0.39, 0.29) is 17.3 Å². The van der Waals surface area contributed by atoms with E-state index in [0.717, 1.165) is 50.5 Å². The van der Waals surface area contributed by atoms with Crippen molar-refractivity contribution in [2.24, 2.45) is 22.7 Å². The zero-order valence-electron chi connectivity index (χ0n) is 15.1. The molecule has 134 valence electrons. The summed E-state index contributed by atoms with van der Waals surface area (Å²) in [5, 5.41) is 18.7. The van der Waals surface area contributed by atoms with Crippen LogP contribution in [-0.4, -0.2) is 22.2 Å². The van der Waals surface area contributed by atoms with Gasteiger partial charge in [-0.2, -0.15) is 0 Å². The van der Waals surface area contributed by atoms with E-state index in [1.807, 2.05) is 13.8 Å². The molecule has 2 fully saturated rings. The van der Waals surface area contributed by atoms with E-state index >= 15 is 0 Å². The molecule has 4 nitrogen and oxygen atoms in total. The molecule has 0 unspecified atom stereocenters. The largest absolute Gasteiger partial charge is 0.481 e. The monoisotopic (exact) mass is 334 g/mol. The van der Waals surface area contributed by atoms with E-state index < -0.39 is 17.4 Å². The van der Waals surface area contributed by atoms with E-state index in [1.165, 1.54) is 11.6 Å². The Morgan fingerprint density at radius 2 is 1.96 bits per heavy atom. The molecule has 4 heteroatoms. The number of rotatable bonds is 5. The molecule has 0 aliphatic heterocycles. The second-order valence-corrected chi connectivity index (χ2v) is 8.25. The van der Waals surface area contributed by atoms with E-state index in [1.54, 1.807) is 0 Å². The van der Waals surface area contributed by atoms with Gasteiger partial charge in [0.05, 0.1) is 5.41 Å². The van der Waals surface area contributed by atoms with Crippen LogP contribution in [-0.2, 0) is 9.59 Å². The van der Waals surface area contributed by atoms with Crippen molar-refractivity contribution in [1.82, 2.24) is 0 Å². The van der Waals surface area contributed by atoms with Gasteiger partial charge in [-0.3, -0.25) is 4.79 Å². The maximum Gasteiger partial charge on any atom is 0.328 e. The third kappa shape index (κ3) is 3.28. The Morgan fingerprint density at radius 3 is 2.54 bits per heavy atom. The molecule has 4 atom stereocenters. The first-order valence-electron chi connectivity index (χ1n) is 8.92. The first kappa shape index (κ1) is 18.8. The van der Waals surface area contributed by atoms with E-state index in [4.69, 9.17) is 5.11 Å². The molecule has 0 aromatic heterocycles. The fourth-order valence-electron chi connectivity index (χ4n) is 5.39. The molecule has 0 heterocycles. The fourth-order valence-corrected chi connectivity index (χ4v) is 5.39. The van der Waals surface area contributed by atoms with E-state index in [2.05, 4.69) is 13.5 Å². The molecular weight excluding hydrogens is 304 g/mol. The Balaban J connectivity index is 2.25. The van der Waals surface area contributed by atoms with Crippen LogP contribution in [0.1, 0.15) is 65.7 Å². The molecule has 2 N–H and O–H groups in total. The Kier molecular flexibility index (Phi) is 5.26. The van der Waals surface area contributed by atoms with Crippen LogP contribution in [0.15, 0.2) is 23.8 Å². The predicted octanol–water partition coefficient (Wildman–Crippen LogP) is 4.66. The zero-order valence-corrected chi connectivity index (χ0v) is 15.1. The predicted molar refractivity (Wildman–Crippen MR) is 93.7 cm³/mol. The minimum Gasteiger partial charge on any atom is -0.481 e. The third-order valence-corrected chi connectivity index (χ3v) is 6.71. The summed E-state index contributed by atoms with van der Waals surface area (Å²) in [7, 11) is 0. The number of fused-ring (bicyclic) bond motifs is 1. The van der Waals surface area contributed by atoms with Crippen molar-refractivity contribution in [3.05, 3.63) is 23.8 Å². The zero-order chi connectivity index (χ0) is 18.1. The molecule has 2 rings (SSSR count). The summed E-state index contributed by atoms with van der Waals surface area (Å²) < 4.78 is 0. The maximum absolute atomic E-state index is 12.0. The van der Waals surface area contributed by atoms with Crippen LogP contribution in [0, 0.1) is 22.7 Å². The van der Waals surface area contributed by atoms with Crippen molar-refractivity contribution in [2.45, 2.75) is 65.7 Å². The van der Waals surface area contributed by atoms with Gasteiger partial charge in [-0.15, -0.1) is 0 Å². The normalized spacial score (nSPS) is 37.0. The quantitative estimate of drug-likeness (QED) is 0.566. The number of hydrogen-bond donors (Lipinski definition) is 2. The van der Waals surface area contributed by atoms with Crippen molar-refractivity contribution in [3.63, 3.8) is 0 Å². The molecule has 0 aromatic carbocycles. The second kappa shape index (κ2) is 6.73. The van der Waals surface area contributed by atoms with Crippen molar-refractivity contribution >= 4 is 11.9 Å². The molecule has 2 saturated carbocycles. The summed E-state index contributed by atoms with van der Waals surface area (Å²) in [4.78, 5) is 22.8. The summed E-state index contributed by atoms with van der Waals surface area (Å²) in [6.45, 7) is 10.3. The topological polar surface area (TPSA) is 74.6 Å². The maximum atomic E-state index is 12.0. The SMILES string of the molecule is C=C1CC[C@H]2[C@@](C)(CCC[C@]2(C)C(=O)O)[C@@H]1CC/C(C)=C/C(=O)O. The Labute approximate surface area is 144 Å². The van der Waals surface area contributed by atoms with Crippen molar-refractivity contribution in [3.8, 4) is 0 Å². The summed E-state index contributed by atoms with van der Waals surface area (Å²) in [5.41, 5.74) is 1.37. The highest BCUT2D eigenvalue weighted by molar-refractivity contribution is 5.80. The highest BCUT2D eigenvalue weighted by Gasteiger charge is 2.57. The first-order chi connectivity index (χ1) is 11.1. The van der Waals surface area contributed by atoms with Gasteiger partial charge in [-0.05, 0) is 69.6 Å². The van der Waals surface area contributed by atoms with Crippen molar-refractivity contribution in [1.29, 1.82) is 0 Å². The van der Waals surface area contributed by atoms with Gasteiger partial charge in [0.25, 0.3) is 0 Å². The molecule has 2 aliphatic rings. The molecule has 0 aromatic rings. The number of hydrogen-bond acceptors (Lipinski definition) is 2. The lowest BCUT2D eigenvalue weighted by molar-refractivity contribution is -0.164. The summed E-state index contributed by atoms with van der Waals surface area (Å²) in [5.74, 6) is -1.15. The lowest BCUT2D eigenvalue weighted by Gasteiger charge is -2.57. The highest BCUT2D eigenvalue weighted by atomic mass is 16.4. The van der Waals surface area contributed by atoms with Gasteiger partial charge in [0.15, 0.2) is 0 Å². The van der Waals surface area contributed by atoms with Crippen molar-refractivity contribution in [2.75, 3.05) is 0 Å². The molecule has 0 saturated heterocycles. The van der Waals surface area contributed by atoms with Crippen LogP contribution >= 0.6 is 0 Å². The fraction of sp³-hybridized carbons (Fsp3) is 0.700. The highest BCUT2D eigenvalue weighted by Crippen LogP contribution is 2.62. The molecular formula is C20H30O4. The number of carboxylic acids is 2. The van der Waals surface area contributed by atoms with Gasteiger partial charge in [-0.25, -0.2) is 4.79 Å². The number of aliphatic carboxylic acids is 2. The van der Waals surface area contributed by atoms with Gasteiger partial charge in [-0.1, -0.05) is 31.1 Å². The second-order valence-electron chi connectivity index (χ2n) is 8.25. The van der Waals surface area contributed by atoms with Crippen LogP contribution < -0.4 is 0 Å². The van der Waals surface area contributed by atoms with Gasteiger partial charge >= 0.3 is 11.9 Å². The lowest BCUT2D eigenvalue weighted by Crippen LogP contribution is -2.53. The number of carbonyl (C=O) groups is 2. The molecule has 0 amide bonds. The van der Waals surface area contributed by atoms with Crippen LogP contribution in [0.5, 0.6) is 0 Å². The first-order valence-corrected chi connectivity index (χ1v) is 8.92. The average molecular weight is 334 g/mol. The smallest absolute Gasteiger partial charge is 0.328 e. The summed E-state index contributed by atoms with van der Waals surface area (Å²) in [6, 6.07) is 0. The van der Waals surface area contributed by atoms with E-state index in [9.17, 15) is 14.7 Å². The molecule has 2 aliphatic carbocycles. The van der Waals surface area contributed by atoms with Crippen molar-refractivity contribution < 1.29 is 19.8 Å². The van der Waals surface area contributed by atoms with Gasteiger partial charge in [0, 0.05) is 6.08 Å². The average Bonchev–Trinajstić information content (AvgIpc) is 2.45. The Bertz CT molecular complexity index is 576. The minimum absolute atomic E-state index is 0.0514. The summed E-state index contributed by atoms with van der Waals surface area (Å²) in [6.07, 6.45) is 7.36. The van der Waals surface area contributed by atoms with Gasteiger partial charge in [0.2, 0.25) is 0 Å². The summed E-state index contributed by atoms with van der Waals surface area (Å²) >= 11 is 0. The number of allylic oxidation sites excluding steroid dienone is 2. The molecule has 0 bridgehead atoms. The van der Waals surface area contributed by atoms with Crippen LogP contribution in [0.3, 0.4) is 0 Å². The third-order valence-electron chi connectivity index (χ3n) is 6.71. The number of carboxylic acid groups (broad SMARTS) is 2. The lowest BCUT2D eigenvalue weighted by atomic mass is 9.46. The Morgan fingerprint density at radius 1 is 1.29 bits per heavy atom. The van der Waals surface area contributed by atoms with E-state index in [0.29, 0.717) is 0 Å². The molecule has 0 radical (unpaired) electrons. The van der Waals surface area contributed by atoms with Gasteiger partial charge < -0.3 is 10.2 Å². The van der Waals surface area contributed by atoms with Crippen LogP contribution in [0.25, 0.3) is 0 Å². The minimum atomic E-state index is -0.907. The van der Waals surface area contributed by atoms with Crippen LogP contribution in [0.4, 0.5) is 0 Å².